The van der Waals surface area contributed by atoms with Gasteiger partial charge in [0.05, 0.1) is 5.75 Å². The summed E-state index contributed by atoms with van der Waals surface area (Å²) in [5.41, 5.74) is 4.57. The van der Waals surface area contributed by atoms with Gasteiger partial charge in [0.2, 0.25) is 5.91 Å². The van der Waals surface area contributed by atoms with E-state index in [2.05, 4.69) is 60.4 Å². The predicted molar refractivity (Wildman–Crippen MR) is 110 cm³/mol. The molecule has 0 aliphatic heterocycles. The van der Waals surface area contributed by atoms with Crippen molar-refractivity contribution >= 4 is 17.7 Å². The molecule has 5 nitrogen and oxygen atoms in total. The second kappa shape index (κ2) is 8.39. The van der Waals surface area contributed by atoms with Crippen LogP contribution in [0.15, 0.2) is 53.7 Å². The summed E-state index contributed by atoms with van der Waals surface area (Å²) in [6.45, 7) is 4.72. The van der Waals surface area contributed by atoms with Crippen molar-refractivity contribution in [3.05, 3.63) is 65.2 Å². The van der Waals surface area contributed by atoms with E-state index in [9.17, 15) is 4.79 Å². The molecule has 0 aliphatic rings. The first kappa shape index (κ1) is 19.2. The van der Waals surface area contributed by atoms with Crippen molar-refractivity contribution in [2.45, 2.75) is 25.5 Å². The van der Waals surface area contributed by atoms with Crippen LogP contribution in [0.3, 0.4) is 0 Å². The lowest BCUT2D eigenvalue weighted by atomic mass is 10.1. The molecule has 0 fully saturated rings. The van der Waals surface area contributed by atoms with Gasteiger partial charge in [-0.2, -0.15) is 0 Å². The fourth-order valence-electron chi connectivity index (χ4n) is 2.69. The van der Waals surface area contributed by atoms with Crippen LogP contribution in [0.1, 0.15) is 16.7 Å². The molecule has 0 N–H and O–H groups in total. The lowest BCUT2D eigenvalue weighted by Gasteiger charge is -2.17. The molecule has 1 heterocycles. The van der Waals surface area contributed by atoms with Crippen molar-refractivity contribution < 1.29 is 4.79 Å². The van der Waals surface area contributed by atoms with E-state index in [1.54, 1.807) is 4.90 Å². The summed E-state index contributed by atoms with van der Waals surface area (Å²) in [7, 11) is 3.76. The molecule has 0 bridgehead atoms. The minimum atomic E-state index is 0.0699. The first-order valence-corrected chi connectivity index (χ1v) is 9.81. The molecule has 0 atom stereocenters. The monoisotopic (exact) mass is 380 g/mol. The number of aromatic nitrogens is 3. The summed E-state index contributed by atoms with van der Waals surface area (Å²) in [6, 6.07) is 16.4. The lowest BCUT2D eigenvalue weighted by Crippen LogP contribution is -2.27. The molecule has 0 spiro atoms. The summed E-state index contributed by atoms with van der Waals surface area (Å²) in [5, 5.41) is 9.26. The van der Waals surface area contributed by atoms with Gasteiger partial charge in [0, 0.05) is 26.2 Å². The number of carbonyl (C=O) groups excluding carboxylic acids is 1. The van der Waals surface area contributed by atoms with Gasteiger partial charge in [-0.3, -0.25) is 4.79 Å². The fourth-order valence-corrected chi connectivity index (χ4v) is 3.54. The van der Waals surface area contributed by atoms with Gasteiger partial charge in [0.15, 0.2) is 11.0 Å². The second-order valence-corrected chi connectivity index (χ2v) is 7.70. The Labute approximate surface area is 164 Å². The average molecular weight is 381 g/mol. The minimum Gasteiger partial charge on any atom is -0.341 e. The third kappa shape index (κ3) is 4.77. The standard InChI is InChI=1S/C21H24N4OS/c1-15-5-9-17(10-6-15)13-24(3)19(26)14-27-21-23-22-20(25(21)4)18-11-7-16(2)8-12-18/h5-12H,13-14H2,1-4H3. The number of carbonyl (C=O) groups is 1. The predicted octanol–water partition coefficient (Wildman–Crippen LogP) is 3.85. The zero-order chi connectivity index (χ0) is 19.4. The maximum Gasteiger partial charge on any atom is 0.233 e. The van der Waals surface area contributed by atoms with Gasteiger partial charge in [-0.15, -0.1) is 10.2 Å². The third-order valence-corrected chi connectivity index (χ3v) is 5.44. The number of rotatable bonds is 6. The van der Waals surface area contributed by atoms with Gasteiger partial charge < -0.3 is 9.47 Å². The van der Waals surface area contributed by atoms with Crippen molar-refractivity contribution in [1.82, 2.24) is 19.7 Å². The van der Waals surface area contributed by atoms with E-state index in [1.165, 1.54) is 22.9 Å². The van der Waals surface area contributed by atoms with E-state index in [4.69, 9.17) is 0 Å². The van der Waals surface area contributed by atoms with Crippen molar-refractivity contribution in [2.24, 2.45) is 7.05 Å². The maximum atomic E-state index is 12.5. The van der Waals surface area contributed by atoms with Crippen LogP contribution in [0.4, 0.5) is 0 Å². The Kier molecular flexibility index (Phi) is 5.96. The van der Waals surface area contributed by atoms with Crippen LogP contribution in [0.2, 0.25) is 0 Å². The molecule has 0 unspecified atom stereocenters. The topological polar surface area (TPSA) is 51.0 Å². The zero-order valence-electron chi connectivity index (χ0n) is 16.1. The summed E-state index contributed by atoms with van der Waals surface area (Å²) in [5.74, 6) is 1.21. The van der Waals surface area contributed by atoms with Crippen LogP contribution in [-0.4, -0.2) is 38.4 Å². The van der Waals surface area contributed by atoms with Gasteiger partial charge in [-0.05, 0) is 19.4 Å². The van der Waals surface area contributed by atoms with Gasteiger partial charge in [-0.1, -0.05) is 71.4 Å². The smallest absolute Gasteiger partial charge is 0.233 e. The highest BCUT2D eigenvalue weighted by Crippen LogP contribution is 2.23. The summed E-state index contributed by atoms with van der Waals surface area (Å²) < 4.78 is 1.93. The molecule has 3 rings (SSSR count). The highest BCUT2D eigenvalue weighted by Gasteiger charge is 2.15. The van der Waals surface area contributed by atoms with Crippen molar-refractivity contribution in [3.63, 3.8) is 0 Å². The molecular weight excluding hydrogens is 356 g/mol. The average Bonchev–Trinajstić information content (AvgIpc) is 3.03. The van der Waals surface area contributed by atoms with Gasteiger partial charge >= 0.3 is 0 Å². The van der Waals surface area contributed by atoms with Gasteiger partial charge in [0.1, 0.15) is 0 Å². The molecule has 1 aromatic heterocycles. The maximum absolute atomic E-state index is 12.5. The van der Waals surface area contributed by atoms with E-state index in [1.807, 2.05) is 30.8 Å². The third-order valence-electron chi connectivity index (χ3n) is 4.44. The summed E-state index contributed by atoms with van der Waals surface area (Å²) >= 11 is 1.41. The Bertz CT molecular complexity index is 916. The molecule has 140 valence electrons. The molecule has 1 amide bonds. The van der Waals surface area contributed by atoms with Crippen LogP contribution in [0.5, 0.6) is 0 Å². The number of nitrogens with zero attached hydrogens (tertiary/aromatic N) is 4. The molecular formula is C21H24N4OS. The molecule has 0 radical (unpaired) electrons. The molecule has 3 aromatic rings. The first-order valence-electron chi connectivity index (χ1n) is 8.83. The largest absolute Gasteiger partial charge is 0.341 e. The number of amides is 1. The normalized spacial score (nSPS) is 10.8. The number of hydrogen-bond donors (Lipinski definition) is 0. The molecule has 0 saturated heterocycles. The Morgan fingerprint density at radius 2 is 1.59 bits per heavy atom. The van der Waals surface area contributed by atoms with E-state index < -0.39 is 0 Å². The highest BCUT2D eigenvalue weighted by atomic mass is 32.2. The molecule has 0 saturated carbocycles. The van der Waals surface area contributed by atoms with Crippen LogP contribution >= 0.6 is 11.8 Å². The van der Waals surface area contributed by atoms with Crippen LogP contribution < -0.4 is 0 Å². The van der Waals surface area contributed by atoms with Gasteiger partial charge in [0.25, 0.3) is 0 Å². The minimum absolute atomic E-state index is 0.0699. The summed E-state index contributed by atoms with van der Waals surface area (Å²) in [6.07, 6.45) is 0. The fraction of sp³-hybridized carbons (Fsp3) is 0.286. The number of hydrogen-bond acceptors (Lipinski definition) is 4. The second-order valence-electron chi connectivity index (χ2n) is 6.76. The van der Waals surface area contributed by atoms with Crippen molar-refractivity contribution in [2.75, 3.05) is 12.8 Å². The van der Waals surface area contributed by atoms with Crippen molar-refractivity contribution in [1.29, 1.82) is 0 Å². The lowest BCUT2D eigenvalue weighted by molar-refractivity contribution is -0.127. The Balaban J connectivity index is 1.60. The quantitative estimate of drug-likeness (QED) is 0.610. The number of aryl methyl sites for hydroxylation is 2. The first-order chi connectivity index (χ1) is 12.9. The molecule has 2 aromatic carbocycles. The molecule has 6 heteroatoms. The highest BCUT2D eigenvalue weighted by molar-refractivity contribution is 7.99. The van der Waals surface area contributed by atoms with E-state index in [-0.39, 0.29) is 5.91 Å². The van der Waals surface area contributed by atoms with E-state index >= 15 is 0 Å². The van der Waals surface area contributed by atoms with Gasteiger partial charge in [-0.25, -0.2) is 0 Å². The van der Waals surface area contributed by atoms with E-state index in [0.717, 1.165) is 22.1 Å². The van der Waals surface area contributed by atoms with Crippen molar-refractivity contribution in [3.8, 4) is 11.4 Å². The number of thioether (sulfide) groups is 1. The molecule has 27 heavy (non-hydrogen) atoms. The number of benzene rings is 2. The Hall–Kier alpha value is -2.60. The summed E-state index contributed by atoms with van der Waals surface area (Å²) in [4.78, 5) is 14.2. The van der Waals surface area contributed by atoms with Crippen LogP contribution in [0, 0.1) is 13.8 Å². The molecule has 0 aliphatic carbocycles. The van der Waals surface area contributed by atoms with Crippen LogP contribution in [0.25, 0.3) is 11.4 Å². The van der Waals surface area contributed by atoms with Crippen LogP contribution in [-0.2, 0) is 18.4 Å². The Morgan fingerprint density at radius 1 is 1.00 bits per heavy atom. The Morgan fingerprint density at radius 3 is 2.22 bits per heavy atom. The SMILES string of the molecule is Cc1ccc(CN(C)C(=O)CSc2nnc(-c3ccc(C)cc3)n2C)cc1. The van der Waals surface area contributed by atoms with E-state index in [0.29, 0.717) is 12.3 Å². The zero-order valence-corrected chi connectivity index (χ0v) is 17.0.